The molecule has 4 heteroatoms. The molecule has 0 saturated carbocycles. The van der Waals surface area contributed by atoms with E-state index in [9.17, 15) is 4.79 Å². The third kappa shape index (κ3) is 2.33. The molecule has 1 aliphatic rings. The molecule has 4 nitrogen and oxygen atoms in total. The molecule has 1 aliphatic heterocycles. The number of ether oxygens (including phenoxy) is 2. The van der Waals surface area contributed by atoms with Crippen LogP contribution in [-0.4, -0.2) is 26.5 Å². The number of carbonyl (C=O) groups is 1. The van der Waals surface area contributed by atoms with Crippen molar-refractivity contribution in [3.05, 3.63) is 53.6 Å². The van der Waals surface area contributed by atoms with Crippen LogP contribution in [0.1, 0.15) is 21.8 Å². The maximum atomic E-state index is 12.7. The molecule has 0 spiro atoms. The van der Waals surface area contributed by atoms with Gasteiger partial charge in [-0.25, -0.2) is 0 Å². The number of ketones is 1. The number of nitrogens with one attached hydrogen (secondary N) is 1. The fourth-order valence-corrected chi connectivity index (χ4v) is 2.68. The Labute approximate surface area is 123 Å². The number of benzene rings is 2. The van der Waals surface area contributed by atoms with Gasteiger partial charge in [-0.05, 0) is 11.6 Å². The molecule has 0 saturated heterocycles. The Morgan fingerprint density at radius 2 is 1.71 bits per heavy atom. The highest BCUT2D eigenvalue weighted by Crippen LogP contribution is 2.38. The number of hydrogen-bond donors (Lipinski definition) is 1. The molecular formula is C17H17NO3. The maximum Gasteiger partial charge on any atom is 0.174 e. The van der Waals surface area contributed by atoms with E-state index in [1.165, 1.54) is 0 Å². The molecule has 2 aromatic carbocycles. The predicted octanol–water partition coefficient (Wildman–Crippen LogP) is 3.10. The summed E-state index contributed by atoms with van der Waals surface area (Å²) in [6, 6.07) is 13.4. The van der Waals surface area contributed by atoms with Crippen LogP contribution >= 0.6 is 0 Å². The number of anilines is 1. The second-order valence-corrected chi connectivity index (χ2v) is 4.96. The van der Waals surface area contributed by atoms with Gasteiger partial charge in [0.1, 0.15) is 0 Å². The van der Waals surface area contributed by atoms with Crippen LogP contribution in [0.15, 0.2) is 42.5 Å². The van der Waals surface area contributed by atoms with Gasteiger partial charge in [-0.1, -0.05) is 30.3 Å². The average Bonchev–Trinajstić information content (AvgIpc) is 2.55. The molecule has 1 atom stereocenters. The first-order valence-corrected chi connectivity index (χ1v) is 6.83. The van der Waals surface area contributed by atoms with Gasteiger partial charge in [0.2, 0.25) is 0 Å². The molecule has 1 N–H and O–H groups in total. The van der Waals surface area contributed by atoms with Crippen molar-refractivity contribution in [1.29, 1.82) is 0 Å². The van der Waals surface area contributed by atoms with Crippen LogP contribution in [0, 0.1) is 0 Å². The number of fused-ring (bicyclic) bond motifs is 1. The van der Waals surface area contributed by atoms with Crippen molar-refractivity contribution >= 4 is 11.5 Å². The van der Waals surface area contributed by atoms with E-state index < -0.39 is 0 Å². The zero-order valence-electron chi connectivity index (χ0n) is 12.1. The molecule has 108 valence electrons. The van der Waals surface area contributed by atoms with Gasteiger partial charge in [0, 0.05) is 23.9 Å². The Bertz CT molecular complexity index is 667. The Balaban J connectivity index is 2.02. The van der Waals surface area contributed by atoms with E-state index in [1.54, 1.807) is 20.3 Å². The molecule has 0 radical (unpaired) electrons. The zero-order valence-corrected chi connectivity index (χ0v) is 12.1. The second kappa shape index (κ2) is 5.48. The summed E-state index contributed by atoms with van der Waals surface area (Å²) in [6.45, 7) is 0.589. The second-order valence-electron chi connectivity index (χ2n) is 4.96. The van der Waals surface area contributed by atoms with E-state index in [2.05, 4.69) is 5.32 Å². The Hall–Kier alpha value is -2.49. The van der Waals surface area contributed by atoms with Crippen molar-refractivity contribution in [2.45, 2.75) is 5.92 Å². The van der Waals surface area contributed by atoms with E-state index in [-0.39, 0.29) is 11.7 Å². The summed E-state index contributed by atoms with van der Waals surface area (Å²) in [5.74, 6) is 1.13. The third-order valence-corrected chi connectivity index (χ3v) is 3.80. The highest BCUT2D eigenvalue weighted by Gasteiger charge is 2.29. The van der Waals surface area contributed by atoms with Crippen molar-refractivity contribution < 1.29 is 14.3 Å². The lowest BCUT2D eigenvalue weighted by Crippen LogP contribution is -2.28. The maximum absolute atomic E-state index is 12.7. The molecule has 0 bridgehead atoms. The van der Waals surface area contributed by atoms with E-state index in [0.717, 1.165) is 11.3 Å². The average molecular weight is 283 g/mol. The van der Waals surface area contributed by atoms with Crippen LogP contribution in [0.3, 0.4) is 0 Å². The summed E-state index contributed by atoms with van der Waals surface area (Å²) >= 11 is 0. The molecule has 0 fully saturated rings. The Kier molecular flexibility index (Phi) is 3.52. The van der Waals surface area contributed by atoms with Crippen molar-refractivity contribution in [1.82, 2.24) is 0 Å². The first kappa shape index (κ1) is 13.5. The number of carbonyl (C=O) groups excluding carboxylic acids is 1. The van der Waals surface area contributed by atoms with Crippen molar-refractivity contribution in [3.8, 4) is 11.5 Å². The largest absolute Gasteiger partial charge is 0.493 e. The van der Waals surface area contributed by atoms with Crippen LogP contribution in [0.4, 0.5) is 5.69 Å². The number of rotatable bonds is 3. The summed E-state index contributed by atoms with van der Waals surface area (Å²) in [5.41, 5.74) is 2.47. The summed E-state index contributed by atoms with van der Waals surface area (Å²) < 4.78 is 10.6. The molecule has 0 aromatic heterocycles. The highest BCUT2D eigenvalue weighted by molar-refractivity contribution is 6.08. The van der Waals surface area contributed by atoms with Crippen molar-refractivity contribution in [2.24, 2.45) is 0 Å². The van der Waals surface area contributed by atoms with Gasteiger partial charge < -0.3 is 14.8 Å². The first-order valence-electron chi connectivity index (χ1n) is 6.83. The predicted molar refractivity (Wildman–Crippen MR) is 81.5 cm³/mol. The van der Waals surface area contributed by atoms with E-state index in [4.69, 9.17) is 9.47 Å². The highest BCUT2D eigenvalue weighted by atomic mass is 16.5. The molecule has 1 unspecified atom stereocenters. The standard InChI is InChI=1S/C17H17NO3/c1-20-15-8-12-14(9-16(15)21-2)18-10-13(17(12)19)11-6-4-3-5-7-11/h3-9,13,18H,10H2,1-2H3. The molecular weight excluding hydrogens is 266 g/mol. The van der Waals surface area contributed by atoms with Gasteiger partial charge in [-0.3, -0.25) is 4.79 Å². The Morgan fingerprint density at radius 1 is 1.05 bits per heavy atom. The van der Waals surface area contributed by atoms with E-state index in [0.29, 0.717) is 23.6 Å². The molecule has 2 aromatic rings. The molecule has 21 heavy (non-hydrogen) atoms. The van der Waals surface area contributed by atoms with Crippen LogP contribution in [-0.2, 0) is 0 Å². The third-order valence-electron chi connectivity index (χ3n) is 3.80. The number of methoxy groups -OCH3 is 2. The summed E-state index contributed by atoms with van der Waals surface area (Å²) in [5, 5.41) is 3.31. The lowest BCUT2D eigenvalue weighted by Gasteiger charge is -2.26. The van der Waals surface area contributed by atoms with Crippen molar-refractivity contribution in [2.75, 3.05) is 26.1 Å². The van der Waals surface area contributed by atoms with Gasteiger partial charge in [0.15, 0.2) is 17.3 Å². The fourth-order valence-electron chi connectivity index (χ4n) is 2.68. The van der Waals surface area contributed by atoms with Crippen LogP contribution in [0.5, 0.6) is 11.5 Å². The lowest BCUT2D eigenvalue weighted by molar-refractivity contribution is 0.0960. The van der Waals surface area contributed by atoms with Gasteiger partial charge in [0.25, 0.3) is 0 Å². The minimum absolute atomic E-state index is 0.107. The normalized spacial score (nSPS) is 16.9. The molecule has 1 heterocycles. The van der Waals surface area contributed by atoms with Gasteiger partial charge >= 0.3 is 0 Å². The quantitative estimate of drug-likeness (QED) is 0.940. The zero-order chi connectivity index (χ0) is 14.8. The summed E-state index contributed by atoms with van der Waals surface area (Å²) in [7, 11) is 3.15. The number of hydrogen-bond acceptors (Lipinski definition) is 4. The van der Waals surface area contributed by atoms with Crippen molar-refractivity contribution in [3.63, 3.8) is 0 Å². The minimum Gasteiger partial charge on any atom is -0.493 e. The van der Waals surface area contributed by atoms with Crippen LogP contribution in [0.2, 0.25) is 0 Å². The Morgan fingerprint density at radius 3 is 2.38 bits per heavy atom. The van der Waals surface area contributed by atoms with Crippen LogP contribution in [0.25, 0.3) is 0 Å². The van der Waals surface area contributed by atoms with Crippen LogP contribution < -0.4 is 14.8 Å². The molecule has 0 amide bonds. The topological polar surface area (TPSA) is 47.6 Å². The molecule has 0 aliphatic carbocycles. The van der Waals surface area contributed by atoms with Gasteiger partial charge in [-0.2, -0.15) is 0 Å². The summed E-state index contributed by atoms with van der Waals surface area (Å²) in [6.07, 6.45) is 0. The van der Waals surface area contributed by atoms with Gasteiger partial charge in [0.05, 0.1) is 20.1 Å². The number of Topliss-reactive ketones (excluding diaryl/α,β-unsaturated/α-hetero) is 1. The molecule has 3 rings (SSSR count). The summed E-state index contributed by atoms with van der Waals surface area (Å²) in [4.78, 5) is 12.7. The SMILES string of the molecule is COc1cc2c(cc1OC)C(=O)C(c1ccccc1)CN2. The monoisotopic (exact) mass is 283 g/mol. The van der Waals surface area contributed by atoms with E-state index >= 15 is 0 Å². The minimum atomic E-state index is -0.170. The first-order chi connectivity index (χ1) is 10.2. The smallest absolute Gasteiger partial charge is 0.174 e. The van der Waals surface area contributed by atoms with E-state index in [1.807, 2.05) is 36.4 Å². The van der Waals surface area contributed by atoms with Gasteiger partial charge in [-0.15, -0.1) is 0 Å². The lowest BCUT2D eigenvalue weighted by atomic mass is 9.87. The fraction of sp³-hybridized carbons (Fsp3) is 0.235.